The molecule has 110 valence electrons. The van der Waals surface area contributed by atoms with E-state index < -0.39 is 12.0 Å². The molecule has 0 aromatic rings. The van der Waals surface area contributed by atoms with Gasteiger partial charge in [-0.05, 0) is 25.2 Å². The van der Waals surface area contributed by atoms with Crippen molar-refractivity contribution in [2.75, 3.05) is 0 Å². The van der Waals surface area contributed by atoms with Gasteiger partial charge in [0, 0.05) is 6.42 Å². The highest BCUT2D eigenvalue weighted by Crippen LogP contribution is 2.27. The van der Waals surface area contributed by atoms with Crippen LogP contribution in [0.25, 0.3) is 0 Å². The molecule has 0 aromatic carbocycles. The maximum absolute atomic E-state index is 11.7. The largest absolute Gasteiger partial charge is 0.480 e. The van der Waals surface area contributed by atoms with Crippen molar-refractivity contribution in [3.63, 3.8) is 0 Å². The van der Waals surface area contributed by atoms with E-state index in [0.717, 1.165) is 25.2 Å². The van der Waals surface area contributed by atoms with Gasteiger partial charge in [0.25, 0.3) is 0 Å². The third-order valence-electron chi connectivity index (χ3n) is 3.95. The van der Waals surface area contributed by atoms with Gasteiger partial charge in [-0.1, -0.05) is 45.4 Å². The van der Waals surface area contributed by atoms with Gasteiger partial charge in [0.1, 0.15) is 6.04 Å². The fourth-order valence-corrected chi connectivity index (χ4v) is 2.84. The van der Waals surface area contributed by atoms with Crippen LogP contribution in [0.5, 0.6) is 0 Å². The molecule has 1 aliphatic rings. The predicted octanol–water partition coefficient (Wildman–Crippen LogP) is 3.11. The first-order chi connectivity index (χ1) is 9.13. The molecule has 1 fully saturated rings. The maximum atomic E-state index is 11.7. The third kappa shape index (κ3) is 6.60. The normalized spacial score (nSPS) is 17.9. The standard InChI is InChI=1S/C15H27NO3/c1-2-7-13(15(18)19)16-14(17)11-6-10-12-8-4-3-5-9-12/h12-13H,2-11H2,1H3,(H,16,17)(H,18,19). The van der Waals surface area contributed by atoms with Crippen LogP contribution < -0.4 is 5.32 Å². The first-order valence-corrected chi connectivity index (χ1v) is 7.65. The highest BCUT2D eigenvalue weighted by molar-refractivity contribution is 5.83. The Bertz CT molecular complexity index is 285. The number of aliphatic carboxylic acids is 1. The lowest BCUT2D eigenvalue weighted by Crippen LogP contribution is -2.40. The van der Waals surface area contributed by atoms with Crippen LogP contribution in [0.3, 0.4) is 0 Å². The highest BCUT2D eigenvalue weighted by Gasteiger charge is 2.19. The smallest absolute Gasteiger partial charge is 0.326 e. The van der Waals surface area contributed by atoms with Crippen LogP contribution in [-0.4, -0.2) is 23.0 Å². The number of carboxylic acid groups (broad SMARTS) is 1. The van der Waals surface area contributed by atoms with Gasteiger partial charge >= 0.3 is 5.97 Å². The van der Waals surface area contributed by atoms with Crippen molar-refractivity contribution < 1.29 is 14.7 Å². The van der Waals surface area contributed by atoms with Gasteiger partial charge in [-0.25, -0.2) is 4.79 Å². The Morgan fingerprint density at radius 3 is 2.53 bits per heavy atom. The van der Waals surface area contributed by atoms with Gasteiger partial charge in [-0.2, -0.15) is 0 Å². The van der Waals surface area contributed by atoms with Crippen molar-refractivity contribution in [1.29, 1.82) is 0 Å². The SMILES string of the molecule is CCCC(NC(=O)CCCC1CCCCC1)C(=O)O. The van der Waals surface area contributed by atoms with Crippen LogP contribution in [-0.2, 0) is 9.59 Å². The van der Waals surface area contributed by atoms with Crippen LogP contribution in [0.15, 0.2) is 0 Å². The molecule has 0 saturated heterocycles. The van der Waals surface area contributed by atoms with E-state index in [0.29, 0.717) is 12.8 Å². The molecule has 1 rings (SSSR count). The minimum Gasteiger partial charge on any atom is -0.480 e. The summed E-state index contributed by atoms with van der Waals surface area (Å²) in [5.74, 6) is -0.258. The highest BCUT2D eigenvalue weighted by atomic mass is 16.4. The van der Waals surface area contributed by atoms with E-state index in [1.165, 1.54) is 32.1 Å². The van der Waals surface area contributed by atoms with Crippen LogP contribution in [0, 0.1) is 5.92 Å². The summed E-state index contributed by atoms with van der Waals surface area (Å²) >= 11 is 0. The van der Waals surface area contributed by atoms with Gasteiger partial charge in [-0.15, -0.1) is 0 Å². The second kappa shape index (κ2) is 8.94. The molecule has 2 N–H and O–H groups in total. The van der Waals surface area contributed by atoms with Crippen molar-refractivity contribution in [2.45, 2.75) is 77.2 Å². The molecular formula is C15H27NO3. The minimum absolute atomic E-state index is 0.114. The van der Waals surface area contributed by atoms with E-state index in [1.54, 1.807) is 0 Å². The number of hydrogen-bond donors (Lipinski definition) is 2. The summed E-state index contributed by atoms with van der Waals surface area (Å²) in [5, 5.41) is 11.6. The number of carbonyl (C=O) groups excluding carboxylic acids is 1. The number of amides is 1. The van der Waals surface area contributed by atoms with E-state index in [4.69, 9.17) is 5.11 Å². The monoisotopic (exact) mass is 269 g/mol. The lowest BCUT2D eigenvalue weighted by molar-refractivity contribution is -0.142. The molecule has 4 nitrogen and oxygen atoms in total. The quantitative estimate of drug-likeness (QED) is 0.711. The van der Waals surface area contributed by atoms with Crippen molar-refractivity contribution in [3.8, 4) is 0 Å². The Morgan fingerprint density at radius 1 is 1.26 bits per heavy atom. The Hall–Kier alpha value is -1.06. The van der Waals surface area contributed by atoms with Crippen LogP contribution in [0.4, 0.5) is 0 Å². The van der Waals surface area contributed by atoms with E-state index in [9.17, 15) is 9.59 Å². The number of carboxylic acids is 1. The van der Waals surface area contributed by atoms with E-state index in [-0.39, 0.29) is 5.91 Å². The van der Waals surface area contributed by atoms with E-state index >= 15 is 0 Å². The molecule has 1 saturated carbocycles. The first kappa shape index (κ1) is 16.0. The van der Waals surface area contributed by atoms with Crippen LogP contribution in [0.1, 0.15) is 71.1 Å². The number of carbonyl (C=O) groups is 2. The Morgan fingerprint density at radius 2 is 1.95 bits per heavy atom. The maximum Gasteiger partial charge on any atom is 0.326 e. The van der Waals surface area contributed by atoms with Gasteiger partial charge in [0.2, 0.25) is 5.91 Å². The summed E-state index contributed by atoms with van der Waals surface area (Å²) in [5.41, 5.74) is 0. The molecule has 0 heterocycles. The number of rotatable bonds is 8. The molecule has 1 atom stereocenters. The van der Waals surface area contributed by atoms with Crippen molar-refractivity contribution in [1.82, 2.24) is 5.32 Å². The average Bonchev–Trinajstić information content (AvgIpc) is 2.39. The summed E-state index contributed by atoms with van der Waals surface area (Å²) in [6, 6.07) is -0.716. The summed E-state index contributed by atoms with van der Waals surface area (Å²) < 4.78 is 0. The summed E-state index contributed by atoms with van der Waals surface area (Å²) in [6.07, 6.45) is 10.3. The zero-order valence-electron chi connectivity index (χ0n) is 12.0. The fraction of sp³-hybridized carbons (Fsp3) is 0.867. The third-order valence-corrected chi connectivity index (χ3v) is 3.95. The zero-order chi connectivity index (χ0) is 14.1. The van der Waals surface area contributed by atoms with Crippen molar-refractivity contribution in [3.05, 3.63) is 0 Å². The first-order valence-electron chi connectivity index (χ1n) is 7.65. The molecule has 4 heteroatoms. The molecular weight excluding hydrogens is 242 g/mol. The molecule has 1 amide bonds. The molecule has 0 aromatic heterocycles. The predicted molar refractivity (Wildman–Crippen MR) is 74.9 cm³/mol. The lowest BCUT2D eigenvalue weighted by Gasteiger charge is -2.21. The Labute approximate surface area is 116 Å². The van der Waals surface area contributed by atoms with Crippen molar-refractivity contribution >= 4 is 11.9 Å². The molecule has 1 aliphatic carbocycles. The summed E-state index contributed by atoms with van der Waals surface area (Å²) in [7, 11) is 0. The van der Waals surface area contributed by atoms with Gasteiger partial charge in [0.05, 0.1) is 0 Å². The van der Waals surface area contributed by atoms with Gasteiger partial charge < -0.3 is 10.4 Å². The topological polar surface area (TPSA) is 66.4 Å². The molecule has 19 heavy (non-hydrogen) atoms. The molecule has 0 aliphatic heterocycles. The zero-order valence-corrected chi connectivity index (χ0v) is 12.0. The second-order valence-corrected chi connectivity index (χ2v) is 5.64. The number of hydrogen-bond acceptors (Lipinski definition) is 2. The molecule has 1 unspecified atom stereocenters. The molecule has 0 spiro atoms. The van der Waals surface area contributed by atoms with Gasteiger partial charge in [0.15, 0.2) is 0 Å². The Balaban J connectivity index is 2.17. The minimum atomic E-state index is -0.928. The molecule has 0 bridgehead atoms. The van der Waals surface area contributed by atoms with Gasteiger partial charge in [-0.3, -0.25) is 4.79 Å². The molecule has 0 radical (unpaired) electrons. The number of nitrogens with one attached hydrogen (secondary N) is 1. The average molecular weight is 269 g/mol. The van der Waals surface area contributed by atoms with Crippen molar-refractivity contribution in [2.24, 2.45) is 5.92 Å². The fourth-order valence-electron chi connectivity index (χ4n) is 2.84. The summed E-state index contributed by atoms with van der Waals surface area (Å²) in [4.78, 5) is 22.6. The van der Waals surface area contributed by atoms with Crippen LogP contribution >= 0.6 is 0 Å². The van der Waals surface area contributed by atoms with E-state index in [2.05, 4.69) is 5.32 Å². The second-order valence-electron chi connectivity index (χ2n) is 5.64. The Kier molecular flexibility index (Phi) is 7.53. The summed E-state index contributed by atoms with van der Waals surface area (Å²) in [6.45, 7) is 1.92. The van der Waals surface area contributed by atoms with E-state index in [1.807, 2.05) is 6.92 Å². The van der Waals surface area contributed by atoms with Crippen LogP contribution in [0.2, 0.25) is 0 Å². The lowest BCUT2D eigenvalue weighted by atomic mass is 9.86.